The van der Waals surface area contributed by atoms with Gasteiger partial charge in [-0.25, -0.2) is 0 Å². The van der Waals surface area contributed by atoms with Crippen molar-refractivity contribution in [3.63, 3.8) is 0 Å². The van der Waals surface area contributed by atoms with Crippen molar-refractivity contribution < 1.29 is 27.9 Å². The summed E-state index contributed by atoms with van der Waals surface area (Å²) >= 11 is 5.92. The van der Waals surface area contributed by atoms with Crippen LogP contribution < -0.4 is 0 Å². The van der Waals surface area contributed by atoms with Crippen molar-refractivity contribution in [3.8, 4) is 0 Å². The van der Waals surface area contributed by atoms with Gasteiger partial charge in [-0.3, -0.25) is 9.59 Å². The Morgan fingerprint density at radius 3 is 2.52 bits per heavy atom. The molecule has 5 nitrogen and oxygen atoms in total. The lowest BCUT2D eigenvalue weighted by atomic mass is 9.81. The molecule has 0 aromatic heterocycles. The Kier molecular flexibility index (Phi) is 4.23. The first kappa shape index (κ1) is 18.0. The summed E-state index contributed by atoms with van der Waals surface area (Å²) in [5.41, 5.74) is -2.31. The molecule has 136 valence electrons. The van der Waals surface area contributed by atoms with Crippen LogP contribution in [0.2, 0.25) is 5.02 Å². The van der Waals surface area contributed by atoms with Crippen LogP contribution in [0.4, 0.5) is 13.2 Å². The SMILES string of the molecule is CN1C[C@H]2CN(C(=O)c3cc(C(F)(F)F)ccc3Cl)C[C@@]2(C(=O)O)C1. The molecule has 2 atom stereocenters. The molecule has 2 aliphatic rings. The van der Waals surface area contributed by atoms with Crippen LogP contribution in [0.3, 0.4) is 0 Å². The van der Waals surface area contributed by atoms with Crippen LogP contribution in [0.25, 0.3) is 0 Å². The molecule has 25 heavy (non-hydrogen) atoms. The molecule has 0 bridgehead atoms. The number of rotatable bonds is 2. The molecule has 2 fully saturated rings. The highest BCUT2D eigenvalue weighted by Gasteiger charge is 2.57. The first-order valence-corrected chi connectivity index (χ1v) is 8.00. The molecule has 1 aromatic rings. The third-order valence-corrected chi connectivity index (χ3v) is 5.35. The number of amides is 1. The number of fused-ring (bicyclic) bond motifs is 1. The molecule has 0 aliphatic carbocycles. The van der Waals surface area contributed by atoms with E-state index < -0.39 is 29.0 Å². The number of aliphatic carboxylic acids is 1. The largest absolute Gasteiger partial charge is 0.481 e. The van der Waals surface area contributed by atoms with Crippen molar-refractivity contribution in [1.29, 1.82) is 0 Å². The van der Waals surface area contributed by atoms with Gasteiger partial charge in [0.15, 0.2) is 0 Å². The fourth-order valence-electron chi connectivity index (χ4n) is 3.81. The monoisotopic (exact) mass is 376 g/mol. The topological polar surface area (TPSA) is 60.9 Å². The van der Waals surface area contributed by atoms with Crippen LogP contribution in [-0.2, 0) is 11.0 Å². The first-order chi connectivity index (χ1) is 11.5. The van der Waals surface area contributed by atoms with Crippen LogP contribution in [0.5, 0.6) is 0 Å². The Balaban J connectivity index is 1.90. The number of hydrogen-bond acceptors (Lipinski definition) is 3. The fraction of sp³-hybridized carbons (Fsp3) is 0.500. The van der Waals surface area contributed by atoms with Gasteiger partial charge in [-0.05, 0) is 25.2 Å². The molecular weight excluding hydrogens is 361 g/mol. The van der Waals surface area contributed by atoms with E-state index in [0.717, 1.165) is 18.2 Å². The summed E-state index contributed by atoms with van der Waals surface area (Å²) in [5.74, 6) is -1.93. The maximum Gasteiger partial charge on any atom is 0.416 e. The molecule has 0 unspecified atom stereocenters. The van der Waals surface area contributed by atoms with Gasteiger partial charge in [0.25, 0.3) is 5.91 Å². The van der Waals surface area contributed by atoms with Gasteiger partial charge < -0.3 is 14.9 Å². The lowest BCUT2D eigenvalue weighted by Crippen LogP contribution is -2.41. The average Bonchev–Trinajstić information content (AvgIpc) is 2.99. The van der Waals surface area contributed by atoms with E-state index in [4.69, 9.17) is 11.6 Å². The van der Waals surface area contributed by atoms with Crippen molar-refractivity contribution in [2.75, 3.05) is 33.2 Å². The van der Waals surface area contributed by atoms with Crippen molar-refractivity contribution in [2.45, 2.75) is 6.18 Å². The minimum Gasteiger partial charge on any atom is -0.481 e. The van der Waals surface area contributed by atoms with E-state index in [1.165, 1.54) is 4.90 Å². The summed E-state index contributed by atoms with van der Waals surface area (Å²) in [4.78, 5) is 27.6. The number of carboxylic acid groups (broad SMARTS) is 1. The maximum absolute atomic E-state index is 12.9. The zero-order valence-electron chi connectivity index (χ0n) is 13.3. The number of alkyl halides is 3. The number of carbonyl (C=O) groups excluding carboxylic acids is 1. The van der Waals surface area contributed by atoms with Crippen LogP contribution in [-0.4, -0.2) is 60.0 Å². The van der Waals surface area contributed by atoms with Gasteiger partial charge in [-0.2, -0.15) is 13.2 Å². The molecule has 1 amide bonds. The molecule has 0 radical (unpaired) electrons. The lowest BCUT2D eigenvalue weighted by Gasteiger charge is -2.24. The van der Waals surface area contributed by atoms with Crippen molar-refractivity contribution >= 4 is 23.5 Å². The smallest absolute Gasteiger partial charge is 0.416 e. The fourth-order valence-corrected chi connectivity index (χ4v) is 4.01. The van der Waals surface area contributed by atoms with E-state index in [0.29, 0.717) is 13.1 Å². The zero-order chi connectivity index (χ0) is 18.6. The Labute approximate surface area is 147 Å². The zero-order valence-corrected chi connectivity index (χ0v) is 14.1. The Hall–Kier alpha value is -1.80. The number of hydrogen-bond donors (Lipinski definition) is 1. The van der Waals surface area contributed by atoms with Crippen molar-refractivity contribution in [3.05, 3.63) is 34.3 Å². The molecule has 9 heteroatoms. The molecule has 3 rings (SSSR count). The molecule has 2 heterocycles. The van der Waals surface area contributed by atoms with Gasteiger partial charge in [-0.15, -0.1) is 0 Å². The summed E-state index contributed by atoms with van der Waals surface area (Å²) in [6, 6.07) is 2.57. The molecule has 2 aliphatic heterocycles. The van der Waals surface area contributed by atoms with Gasteiger partial charge in [0.2, 0.25) is 0 Å². The number of halogens is 4. The Morgan fingerprint density at radius 1 is 1.28 bits per heavy atom. The average molecular weight is 377 g/mol. The molecule has 0 spiro atoms. The lowest BCUT2D eigenvalue weighted by molar-refractivity contribution is -0.148. The first-order valence-electron chi connectivity index (χ1n) is 7.62. The van der Waals surface area contributed by atoms with Crippen LogP contribution in [0.1, 0.15) is 15.9 Å². The van der Waals surface area contributed by atoms with E-state index in [9.17, 15) is 27.9 Å². The second kappa shape index (κ2) is 5.88. The Bertz CT molecular complexity index is 740. The standard InChI is InChI=1S/C16H16ClF3N2O3/c1-21-5-10-6-22(8-15(10,7-21)14(24)25)13(23)11-4-9(16(18,19)20)2-3-12(11)17/h2-4,10H,5-8H2,1H3,(H,24,25)/t10-,15-/m0/s1. The number of nitrogens with zero attached hydrogens (tertiary/aromatic N) is 2. The number of benzene rings is 1. The van der Waals surface area contributed by atoms with Gasteiger partial charge >= 0.3 is 12.1 Å². The third kappa shape index (κ3) is 2.97. The summed E-state index contributed by atoms with van der Waals surface area (Å²) in [6.07, 6.45) is -4.59. The number of carboxylic acids is 1. The van der Waals surface area contributed by atoms with Crippen LogP contribution in [0.15, 0.2) is 18.2 Å². The maximum atomic E-state index is 12.9. The third-order valence-electron chi connectivity index (χ3n) is 5.02. The summed E-state index contributed by atoms with van der Waals surface area (Å²) in [6.45, 7) is 0.963. The molecular formula is C16H16ClF3N2O3. The van der Waals surface area contributed by atoms with E-state index in [2.05, 4.69) is 0 Å². The minimum atomic E-state index is -4.59. The van der Waals surface area contributed by atoms with E-state index in [1.54, 1.807) is 7.05 Å². The van der Waals surface area contributed by atoms with Gasteiger partial charge in [0.1, 0.15) is 5.41 Å². The molecule has 2 saturated heterocycles. The summed E-state index contributed by atoms with van der Waals surface area (Å²) in [5, 5.41) is 9.54. The molecule has 1 aromatic carbocycles. The summed E-state index contributed by atoms with van der Waals surface area (Å²) < 4.78 is 38.7. The predicted molar refractivity (Wildman–Crippen MR) is 83.4 cm³/mol. The van der Waals surface area contributed by atoms with Crippen LogP contribution in [0, 0.1) is 11.3 Å². The second-order valence-corrected chi connectivity index (χ2v) is 7.14. The van der Waals surface area contributed by atoms with Gasteiger partial charge in [-0.1, -0.05) is 11.6 Å². The quantitative estimate of drug-likeness (QED) is 0.861. The van der Waals surface area contributed by atoms with E-state index in [-0.39, 0.29) is 29.6 Å². The summed E-state index contributed by atoms with van der Waals surface area (Å²) in [7, 11) is 1.80. The number of likely N-dealkylation sites (tertiary alicyclic amines) is 2. The van der Waals surface area contributed by atoms with E-state index in [1.807, 2.05) is 4.90 Å². The van der Waals surface area contributed by atoms with Gasteiger partial charge in [0, 0.05) is 32.1 Å². The molecule has 1 N–H and O–H groups in total. The highest BCUT2D eigenvalue weighted by molar-refractivity contribution is 6.33. The minimum absolute atomic E-state index is 0.0389. The molecule has 0 saturated carbocycles. The van der Waals surface area contributed by atoms with E-state index >= 15 is 0 Å². The Morgan fingerprint density at radius 2 is 1.96 bits per heavy atom. The highest BCUT2D eigenvalue weighted by Crippen LogP contribution is 2.43. The van der Waals surface area contributed by atoms with Crippen LogP contribution >= 0.6 is 11.6 Å². The highest BCUT2D eigenvalue weighted by atomic mass is 35.5. The second-order valence-electron chi connectivity index (χ2n) is 6.73. The number of carbonyl (C=O) groups is 2. The normalized spacial score (nSPS) is 26.8. The van der Waals surface area contributed by atoms with Crippen molar-refractivity contribution in [1.82, 2.24) is 9.80 Å². The van der Waals surface area contributed by atoms with Crippen molar-refractivity contribution in [2.24, 2.45) is 11.3 Å². The predicted octanol–water partition coefficient (Wildman–Crippen LogP) is 2.45. The van der Waals surface area contributed by atoms with Gasteiger partial charge in [0.05, 0.1) is 16.1 Å².